The van der Waals surface area contributed by atoms with Crippen molar-refractivity contribution in [3.63, 3.8) is 0 Å². The number of carbonyl (C=O) groups excluding carboxylic acids is 2. The normalized spacial score (nSPS) is 32.8. The number of methoxy groups -OCH3 is 1. The lowest BCUT2D eigenvalue weighted by Crippen LogP contribution is -2.34. The van der Waals surface area contributed by atoms with Crippen LogP contribution < -0.4 is 4.74 Å². The Labute approximate surface area is 157 Å². The van der Waals surface area contributed by atoms with Gasteiger partial charge in [-0.15, -0.1) is 0 Å². The molecule has 3 N–H and O–H groups in total. The third kappa shape index (κ3) is 4.21. The molecule has 1 aliphatic heterocycles. The van der Waals surface area contributed by atoms with Crippen molar-refractivity contribution in [2.75, 3.05) is 7.11 Å². The monoisotopic (exact) mass is 376 g/mol. The Morgan fingerprint density at radius 3 is 2.67 bits per heavy atom. The first kappa shape index (κ1) is 19.5. The van der Waals surface area contributed by atoms with E-state index in [2.05, 4.69) is 0 Å². The number of hydrogen-bond donors (Lipinski definition) is 3. The largest absolute Gasteiger partial charge is 0.507 e. The third-order valence-corrected chi connectivity index (χ3v) is 5.01. The number of ketones is 2. The van der Waals surface area contributed by atoms with Crippen molar-refractivity contribution < 1.29 is 34.4 Å². The lowest BCUT2D eigenvalue weighted by Gasteiger charge is -2.16. The average molecular weight is 376 g/mol. The van der Waals surface area contributed by atoms with Crippen LogP contribution in [0.5, 0.6) is 11.5 Å². The zero-order chi connectivity index (χ0) is 19.7. The maximum Gasteiger partial charge on any atom is 0.186 e. The Morgan fingerprint density at radius 2 is 1.96 bits per heavy atom. The van der Waals surface area contributed by atoms with E-state index in [4.69, 9.17) is 9.47 Å². The number of carbonyl (C=O) groups is 2. The lowest BCUT2D eigenvalue weighted by atomic mass is 9.90. The Balaban J connectivity index is 1.98. The first-order valence-corrected chi connectivity index (χ1v) is 8.97. The molecule has 7 nitrogen and oxygen atoms in total. The molecule has 3 rings (SSSR count). The number of aliphatic hydroxyl groups is 2. The number of hydrogen-bond acceptors (Lipinski definition) is 7. The van der Waals surface area contributed by atoms with Crippen molar-refractivity contribution in [1.29, 1.82) is 0 Å². The Hall–Kier alpha value is -2.22. The molecule has 1 aliphatic carbocycles. The second kappa shape index (κ2) is 7.80. The lowest BCUT2D eigenvalue weighted by molar-refractivity contribution is -0.128. The van der Waals surface area contributed by atoms with E-state index in [1.807, 2.05) is 6.92 Å². The molecule has 1 saturated heterocycles. The molecular weight excluding hydrogens is 352 g/mol. The number of ether oxygens (including phenoxy) is 2. The van der Waals surface area contributed by atoms with Gasteiger partial charge in [0.1, 0.15) is 23.7 Å². The molecule has 0 spiro atoms. The van der Waals surface area contributed by atoms with Gasteiger partial charge in [0, 0.05) is 24.5 Å². The molecule has 7 heteroatoms. The predicted molar refractivity (Wildman–Crippen MR) is 95.8 cm³/mol. The molecule has 27 heavy (non-hydrogen) atoms. The number of rotatable bonds is 1. The van der Waals surface area contributed by atoms with Gasteiger partial charge in [0.05, 0.1) is 24.9 Å². The number of epoxide rings is 1. The highest BCUT2D eigenvalue weighted by molar-refractivity contribution is 6.00. The fourth-order valence-corrected chi connectivity index (χ4v) is 3.44. The summed E-state index contributed by atoms with van der Waals surface area (Å²) >= 11 is 0. The van der Waals surface area contributed by atoms with E-state index in [0.29, 0.717) is 17.7 Å². The van der Waals surface area contributed by atoms with Crippen LogP contribution in [0.15, 0.2) is 24.3 Å². The van der Waals surface area contributed by atoms with Gasteiger partial charge < -0.3 is 24.8 Å². The first-order chi connectivity index (χ1) is 12.8. The number of fused-ring (bicyclic) bond motifs is 3. The van der Waals surface area contributed by atoms with Gasteiger partial charge in [0.2, 0.25) is 0 Å². The zero-order valence-electron chi connectivity index (χ0n) is 15.3. The molecule has 0 amide bonds. The molecule has 1 aromatic rings. The quantitative estimate of drug-likeness (QED) is 0.639. The summed E-state index contributed by atoms with van der Waals surface area (Å²) in [7, 11) is 1.46. The van der Waals surface area contributed by atoms with E-state index in [0.717, 1.165) is 0 Å². The van der Waals surface area contributed by atoms with Crippen LogP contribution in [0.3, 0.4) is 0 Å². The second-order valence-electron chi connectivity index (χ2n) is 7.23. The van der Waals surface area contributed by atoms with Crippen LogP contribution in [-0.4, -0.2) is 52.3 Å². The van der Waals surface area contributed by atoms with Crippen molar-refractivity contribution >= 4 is 11.6 Å². The van der Waals surface area contributed by atoms with Gasteiger partial charge >= 0.3 is 0 Å². The molecule has 0 saturated carbocycles. The molecule has 146 valence electrons. The van der Waals surface area contributed by atoms with Gasteiger partial charge in [0.15, 0.2) is 11.6 Å². The minimum atomic E-state index is -1.52. The number of aliphatic hydroxyl groups excluding tert-OH is 2. The standard InChI is InChI=1S/C20H24O7/c1-10-4-3-5-13(21)19(25)16(24)9-17-20(27-17)12-7-11(26-2)8-15(23)18(12)14(22)6-10/h3,5,7-8,10,16-17,19-20,23-25H,4,6,9H2,1-2H3/b5-3-/t10-,16-,17-,19+,20+/m0/s1. The van der Waals surface area contributed by atoms with Gasteiger partial charge in [0.25, 0.3) is 0 Å². The minimum Gasteiger partial charge on any atom is -0.507 e. The van der Waals surface area contributed by atoms with Gasteiger partial charge in [-0.25, -0.2) is 0 Å². The molecular formula is C20H24O7. The highest BCUT2D eigenvalue weighted by atomic mass is 16.6. The summed E-state index contributed by atoms with van der Waals surface area (Å²) in [6.45, 7) is 1.86. The van der Waals surface area contributed by atoms with Crippen molar-refractivity contribution in [2.24, 2.45) is 5.92 Å². The number of aromatic hydroxyl groups is 1. The first-order valence-electron chi connectivity index (χ1n) is 8.97. The molecule has 0 aromatic heterocycles. The van der Waals surface area contributed by atoms with Crippen LogP contribution in [-0.2, 0) is 9.53 Å². The van der Waals surface area contributed by atoms with Gasteiger partial charge in [-0.3, -0.25) is 9.59 Å². The molecule has 1 aromatic carbocycles. The van der Waals surface area contributed by atoms with Crippen LogP contribution in [0.1, 0.15) is 48.2 Å². The summed E-state index contributed by atoms with van der Waals surface area (Å²) in [5, 5.41) is 30.5. The number of phenols is 1. The van der Waals surface area contributed by atoms with E-state index in [1.165, 1.54) is 19.3 Å². The third-order valence-electron chi connectivity index (χ3n) is 5.01. The van der Waals surface area contributed by atoms with Crippen LogP contribution >= 0.6 is 0 Å². The maximum absolute atomic E-state index is 12.8. The van der Waals surface area contributed by atoms with Crippen LogP contribution in [0, 0.1) is 5.92 Å². The molecule has 1 heterocycles. The molecule has 0 bridgehead atoms. The maximum atomic E-state index is 12.8. The van der Waals surface area contributed by atoms with E-state index >= 15 is 0 Å². The number of benzene rings is 1. The Morgan fingerprint density at radius 1 is 1.22 bits per heavy atom. The summed E-state index contributed by atoms with van der Waals surface area (Å²) in [6.07, 6.45) is -0.285. The smallest absolute Gasteiger partial charge is 0.186 e. The predicted octanol–water partition coefficient (Wildman–Crippen LogP) is 1.69. The second-order valence-corrected chi connectivity index (χ2v) is 7.23. The van der Waals surface area contributed by atoms with E-state index in [-0.39, 0.29) is 35.9 Å². The van der Waals surface area contributed by atoms with Crippen LogP contribution in [0.4, 0.5) is 0 Å². The summed E-state index contributed by atoms with van der Waals surface area (Å²) < 4.78 is 10.8. The van der Waals surface area contributed by atoms with Gasteiger partial charge in [-0.1, -0.05) is 13.0 Å². The summed E-state index contributed by atoms with van der Waals surface area (Å²) in [5.41, 5.74) is 0.692. The van der Waals surface area contributed by atoms with E-state index in [9.17, 15) is 24.9 Å². The Bertz CT molecular complexity index is 770. The molecule has 2 aliphatic rings. The molecule has 0 unspecified atom stereocenters. The SMILES string of the molecule is COc1cc(O)c2c(c1)[C@H]1O[C@H]1C[C@H](O)[C@H](O)C(=O)/C=C\C[C@H](C)CC2=O. The number of allylic oxidation sites excluding steroid dienone is 1. The molecule has 0 radical (unpaired) electrons. The highest BCUT2D eigenvalue weighted by Crippen LogP contribution is 2.46. The van der Waals surface area contributed by atoms with E-state index in [1.54, 1.807) is 12.1 Å². The number of phenolic OH excluding ortho intramolecular Hbond substituents is 1. The Kier molecular flexibility index (Phi) is 5.64. The minimum absolute atomic E-state index is 0.0351. The fourth-order valence-electron chi connectivity index (χ4n) is 3.44. The van der Waals surface area contributed by atoms with Crippen molar-refractivity contribution in [3.8, 4) is 11.5 Å². The van der Waals surface area contributed by atoms with Crippen molar-refractivity contribution in [1.82, 2.24) is 0 Å². The fraction of sp³-hybridized carbons (Fsp3) is 0.500. The van der Waals surface area contributed by atoms with Gasteiger partial charge in [-0.2, -0.15) is 0 Å². The topological polar surface area (TPSA) is 117 Å². The average Bonchev–Trinajstić information content (AvgIpc) is 3.38. The molecule has 5 atom stereocenters. The van der Waals surface area contributed by atoms with Crippen LogP contribution in [0.25, 0.3) is 0 Å². The zero-order valence-corrected chi connectivity index (χ0v) is 15.3. The van der Waals surface area contributed by atoms with Gasteiger partial charge in [-0.05, 0) is 24.5 Å². The summed E-state index contributed by atoms with van der Waals surface area (Å²) in [6, 6.07) is 3.03. The summed E-state index contributed by atoms with van der Waals surface area (Å²) in [5.74, 6) is -0.647. The van der Waals surface area contributed by atoms with E-state index < -0.39 is 30.2 Å². The van der Waals surface area contributed by atoms with Crippen LogP contribution in [0.2, 0.25) is 0 Å². The number of Topliss-reactive ketones (excluding diaryl/α,β-unsaturated/α-hetero) is 1. The van der Waals surface area contributed by atoms with Crippen molar-refractivity contribution in [2.45, 2.75) is 50.6 Å². The summed E-state index contributed by atoms with van der Waals surface area (Å²) in [4.78, 5) is 24.8. The highest BCUT2D eigenvalue weighted by Gasteiger charge is 2.45. The molecule has 1 fully saturated rings. The van der Waals surface area contributed by atoms with Crippen molar-refractivity contribution in [3.05, 3.63) is 35.4 Å².